The molecule has 2 heterocycles. The summed E-state index contributed by atoms with van der Waals surface area (Å²) in [6, 6.07) is 4.94. The fourth-order valence-corrected chi connectivity index (χ4v) is 2.91. The molecule has 1 aliphatic heterocycles. The third-order valence-electron chi connectivity index (χ3n) is 4.28. The molecule has 0 spiro atoms. The average Bonchev–Trinajstić information content (AvgIpc) is 2.98. The molecule has 0 saturated carbocycles. The number of hydrogen-bond acceptors (Lipinski definition) is 5. The molecule has 1 N–H and O–H groups in total. The van der Waals surface area contributed by atoms with Crippen LogP contribution in [0, 0.1) is 5.92 Å². The number of rotatable bonds is 3. The van der Waals surface area contributed by atoms with Crippen LogP contribution in [0.4, 0.5) is 10.5 Å². The fourth-order valence-electron chi connectivity index (χ4n) is 2.91. The van der Waals surface area contributed by atoms with Gasteiger partial charge >= 0.3 is 5.97 Å². The van der Waals surface area contributed by atoms with Crippen molar-refractivity contribution in [2.75, 3.05) is 25.1 Å². The lowest BCUT2D eigenvalue weighted by Crippen LogP contribution is -2.44. The van der Waals surface area contributed by atoms with Crippen LogP contribution in [-0.2, 0) is 9.68 Å². The summed E-state index contributed by atoms with van der Waals surface area (Å²) in [6.45, 7) is 3.74. The molecule has 0 radical (unpaired) electrons. The van der Waals surface area contributed by atoms with Crippen molar-refractivity contribution in [2.24, 2.45) is 5.92 Å². The van der Waals surface area contributed by atoms with Crippen molar-refractivity contribution in [2.45, 2.75) is 19.4 Å². The number of nitrogens with zero attached hydrogens (tertiary/aromatic N) is 2. The van der Waals surface area contributed by atoms with E-state index in [0.29, 0.717) is 22.9 Å². The number of H-pyrrole nitrogens is 1. The minimum Gasteiger partial charge on any atom is -0.379 e. The van der Waals surface area contributed by atoms with Gasteiger partial charge in [0.1, 0.15) is 5.52 Å². The number of imidazole rings is 1. The van der Waals surface area contributed by atoms with Crippen LogP contribution in [0.25, 0.3) is 11.0 Å². The van der Waals surface area contributed by atoms with Gasteiger partial charge in [0, 0.05) is 24.7 Å². The molecule has 1 aromatic heterocycles. The number of benzene rings is 1. The van der Waals surface area contributed by atoms with Gasteiger partial charge in [0.15, 0.2) is 0 Å². The van der Waals surface area contributed by atoms with E-state index in [1.54, 1.807) is 19.2 Å². The van der Waals surface area contributed by atoms with Gasteiger partial charge in [0.05, 0.1) is 17.2 Å². The normalized spacial score (nSPS) is 22.0. The third kappa shape index (κ3) is 2.52. The molecule has 7 heteroatoms. The first kappa shape index (κ1) is 14.8. The highest BCUT2D eigenvalue weighted by Crippen LogP contribution is 2.26. The van der Waals surface area contributed by atoms with E-state index < -0.39 is 5.97 Å². The van der Waals surface area contributed by atoms with Crippen LogP contribution in [0.2, 0.25) is 0 Å². The highest BCUT2D eigenvalue weighted by atomic mass is 19.3. The number of halogens is 1. The first-order valence-electron chi connectivity index (χ1n) is 7.23. The Kier molecular flexibility index (Phi) is 3.98. The molecule has 1 fully saturated rings. The van der Waals surface area contributed by atoms with E-state index in [2.05, 4.69) is 26.7 Å². The summed E-state index contributed by atoms with van der Waals surface area (Å²) >= 11 is 0. The van der Waals surface area contributed by atoms with Gasteiger partial charge < -0.3 is 14.6 Å². The molecule has 2 atom stereocenters. The Bertz CT molecular complexity index is 688. The lowest BCUT2D eigenvalue weighted by molar-refractivity contribution is -0.0786. The molecule has 22 heavy (non-hydrogen) atoms. The molecular weight excluding hydrogens is 289 g/mol. The van der Waals surface area contributed by atoms with Crippen molar-refractivity contribution in [1.29, 1.82) is 0 Å². The number of anilines is 1. The molecule has 1 aliphatic rings. The van der Waals surface area contributed by atoms with Crippen molar-refractivity contribution in [3.05, 3.63) is 23.8 Å². The van der Waals surface area contributed by atoms with Gasteiger partial charge in [-0.05, 0) is 24.5 Å². The van der Waals surface area contributed by atoms with Gasteiger partial charge in [0.2, 0.25) is 5.95 Å². The maximum Gasteiger partial charge on any atom is 0.381 e. The van der Waals surface area contributed by atoms with Crippen LogP contribution in [-0.4, -0.2) is 42.2 Å². The quantitative estimate of drug-likeness (QED) is 0.943. The van der Waals surface area contributed by atoms with Gasteiger partial charge in [-0.25, -0.2) is 14.7 Å². The Morgan fingerprint density at radius 3 is 3.05 bits per heavy atom. The Morgan fingerprint density at radius 2 is 2.32 bits per heavy atom. The molecular formula is C15H18FN3O3. The van der Waals surface area contributed by atoms with Crippen molar-refractivity contribution in [1.82, 2.24) is 9.97 Å². The first-order valence-corrected chi connectivity index (χ1v) is 7.23. The molecule has 0 amide bonds. The summed E-state index contributed by atoms with van der Waals surface area (Å²) in [5.74, 6) is 0.108. The summed E-state index contributed by atoms with van der Waals surface area (Å²) in [4.78, 5) is 24.5. The predicted molar refractivity (Wildman–Crippen MR) is 79.4 cm³/mol. The molecule has 0 bridgehead atoms. The minimum absolute atomic E-state index is 0.108. The Labute approximate surface area is 127 Å². The Balaban J connectivity index is 1.94. The van der Waals surface area contributed by atoms with Crippen molar-refractivity contribution < 1.29 is 19.0 Å². The second-order valence-electron chi connectivity index (χ2n) is 5.61. The van der Waals surface area contributed by atoms with Crippen LogP contribution in [0.3, 0.4) is 0 Å². The van der Waals surface area contributed by atoms with E-state index in [1.807, 2.05) is 0 Å². The smallest absolute Gasteiger partial charge is 0.379 e. The maximum atomic E-state index is 12.2. The number of hydrogen-bond donors (Lipinski definition) is 1. The standard InChI is InChI=1S/C15H18FN3O3/c1-9-6-7-19(8-12(9)21-2)15-17-11-5-3-4-10(13(11)18-15)14(20)22-16/h3-5,9,12H,6-8H2,1-2H3,(H,17,18)/t9-,12+/m1/s1. The average molecular weight is 307 g/mol. The Morgan fingerprint density at radius 1 is 1.50 bits per heavy atom. The molecule has 6 nitrogen and oxygen atoms in total. The highest BCUT2D eigenvalue weighted by Gasteiger charge is 2.28. The zero-order valence-electron chi connectivity index (χ0n) is 12.5. The van der Waals surface area contributed by atoms with Crippen molar-refractivity contribution in [3.8, 4) is 0 Å². The van der Waals surface area contributed by atoms with Crippen LogP contribution in [0.5, 0.6) is 0 Å². The van der Waals surface area contributed by atoms with Gasteiger partial charge in [-0.2, -0.15) is 0 Å². The molecule has 1 aromatic carbocycles. The molecule has 1 saturated heterocycles. The monoisotopic (exact) mass is 307 g/mol. The van der Waals surface area contributed by atoms with Gasteiger partial charge in [-0.1, -0.05) is 13.0 Å². The summed E-state index contributed by atoms with van der Waals surface area (Å²) in [7, 11) is 1.71. The van der Waals surface area contributed by atoms with E-state index in [4.69, 9.17) is 4.74 Å². The van der Waals surface area contributed by atoms with Crippen LogP contribution >= 0.6 is 0 Å². The van der Waals surface area contributed by atoms with E-state index in [-0.39, 0.29) is 11.7 Å². The number of piperidine rings is 1. The maximum absolute atomic E-state index is 12.2. The molecule has 0 aliphatic carbocycles. The molecule has 3 rings (SSSR count). The lowest BCUT2D eigenvalue weighted by Gasteiger charge is -2.35. The third-order valence-corrected chi connectivity index (χ3v) is 4.28. The minimum atomic E-state index is -1.04. The number of carbonyl (C=O) groups is 1. The number of methoxy groups -OCH3 is 1. The number of fused-ring (bicyclic) bond motifs is 1. The predicted octanol–water partition coefficient (Wildman–Crippen LogP) is 2.47. The summed E-state index contributed by atoms with van der Waals surface area (Å²) in [5.41, 5.74) is 1.19. The van der Waals surface area contributed by atoms with Gasteiger partial charge in [0.25, 0.3) is 0 Å². The number of para-hydroxylation sites is 1. The number of ether oxygens (including phenoxy) is 1. The SMILES string of the molecule is CO[C@H]1CN(c2nc3c(C(=O)OF)cccc3[nH]2)CC[C@H]1C. The molecule has 118 valence electrons. The second kappa shape index (κ2) is 5.92. The van der Waals surface area contributed by atoms with Crippen LogP contribution in [0.15, 0.2) is 18.2 Å². The zero-order chi connectivity index (χ0) is 15.7. The summed E-state index contributed by atoms with van der Waals surface area (Å²) in [6.07, 6.45) is 1.13. The zero-order valence-corrected chi connectivity index (χ0v) is 12.5. The lowest BCUT2D eigenvalue weighted by atomic mass is 9.96. The Hall–Kier alpha value is -2.15. The summed E-state index contributed by atoms with van der Waals surface area (Å²) in [5, 5.41) is 0. The number of aromatic amines is 1. The number of nitrogens with one attached hydrogen (secondary N) is 1. The van der Waals surface area contributed by atoms with E-state index in [0.717, 1.165) is 19.5 Å². The van der Waals surface area contributed by atoms with Crippen LogP contribution < -0.4 is 4.90 Å². The van der Waals surface area contributed by atoms with Crippen molar-refractivity contribution >= 4 is 23.0 Å². The van der Waals surface area contributed by atoms with Crippen molar-refractivity contribution in [3.63, 3.8) is 0 Å². The second-order valence-corrected chi connectivity index (χ2v) is 5.61. The largest absolute Gasteiger partial charge is 0.381 e. The van der Waals surface area contributed by atoms with E-state index >= 15 is 0 Å². The van der Waals surface area contributed by atoms with Gasteiger partial charge in [-0.15, -0.1) is 0 Å². The number of carbonyl (C=O) groups excluding carboxylic acids is 1. The molecule has 2 aromatic rings. The van der Waals surface area contributed by atoms with Crippen LogP contribution in [0.1, 0.15) is 23.7 Å². The summed E-state index contributed by atoms with van der Waals surface area (Å²) < 4.78 is 17.7. The van der Waals surface area contributed by atoms with E-state index in [9.17, 15) is 9.32 Å². The van der Waals surface area contributed by atoms with Gasteiger partial charge in [-0.3, -0.25) is 0 Å². The number of aromatic nitrogens is 2. The molecule has 0 unspecified atom stereocenters. The van der Waals surface area contributed by atoms with E-state index in [1.165, 1.54) is 6.07 Å². The fraction of sp³-hybridized carbons (Fsp3) is 0.467. The topological polar surface area (TPSA) is 67.4 Å². The first-order chi connectivity index (χ1) is 10.6. The highest BCUT2D eigenvalue weighted by molar-refractivity contribution is 6.02.